The number of aliphatic hydroxyl groups is 1. The molecule has 0 aromatic carbocycles. The summed E-state index contributed by atoms with van der Waals surface area (Å²) >= 11 is 0. The average molecular weight is 173 g/mol. The standard InChI is InChI=1S/C5H11N5O2/c6-5(12)4(3-11)8-1-2-9-10-7/h4,8,11H,1-3H2,(H2,6,12). The van der Waals surface area contributed by atoms with Gasteiger partial charge in [-0.25, -0.2) is 0 Å². The topological polar surface area (TPSA) is 124 Å². The lowest BCUT2D eigenvalue weighted by Gasteiger charge is -2.10. The van der Waals surface area contributed by atoms with Gasteiger partial charge < -0.3 is 16.2 Å². The molecular formula is C5H11N5O2. The van der Waals surface area contributed by atoms with Gasteiger partial charge in [0.25, 0.3) is 0 Å². The molecule has 7 heteroatoms. The highest BCUT2D eigenvalue weighted by Gasteiger charge is 2.11. The fraction of sp³-hybridized carbons (Fsp3) is 0.800. The van der Waals surface area contributed by atoms with Gasteiger partial charge >= 0.3 is 0 Å². The Morgan fingerprint density at radius 1 is 1.83 bits per heavy atom. The Kier molecular flexibility index (Phi) is 5.72. The summed E-state index contributed by atoms with van der Waals surface area (Å²) in [6.45, 7) is 0.185. The lowest BCUT2D eigenvalue weighted by Crippen LogP contribution is -2.44. The molecule has 0 aromatic rings. The molecule has 0 heterocycles. The minimum absolute atomic E-state index is 0.223. The number of carbonyl (C=O) groups excluding carboxylic acids is 1. The van der Waals surface area contributed by atoms with Crippen LogP contribution in [0, 0.1) is 0 Å². The third kappa shape index (κ3) is 4.51. The minimum Gasteiger partial charge on any atom is -0.394 e. The largest absolute Gasteiger partial charge is 0.394 e. The van der Waals surface area contributed by atoms with Gasteiger partial charge in [0.15, 0.2) is 0 Å². The first-order valence-corrected chi connectivity index (χ1v) is 3.36. The molecule has 0 aromatic heterocycles. The molecule has 4 N–H and O–H groups in total. The molecule has 7 nitrogen and oxygen atoms in total. The summed E-state index contributed by atoms with van der Waals surface area (Å²) in [7, 11) is 0. The molecular weight excluding hydrogens is 162 g/mol. The van der Waals surface area contributed by atoms with Crippen molar-refractivity contribution in [2.75, 3.05) is 19.7 Å². The SMILES string of the molecule is [N-]=[N+]=NCCNC(CO)C(N)=O. The second-order valence-electron chi connectivity index (χ2n) is 2.05. The van der Waals surface area contributed by atoms with Gasteiger partial charge in [-0.1, -0.05) is 5.11 Å². The molecule has 0 aliphatic carbocycles. The molecule has 0 radical (unpaired) electrons. The Hall–Kier alpha value is -1.30. The highest BCUT2D eigenvalue weighted by molar-refractivity contribution is 5.79. The Morgan fingerprint density at radius 3 is 2.92 bits per heavy atom. The second kappa shape index (κ2) is 6.41. The molecule has 12 heavy (non-hydrogen) atoms. The number of rotatable bonds is 6. The predicted octanol–water partition coefficient (Wildman–Crippen LogP) is -1.27. The third-order valence-corrected chi connectivity index (χ3v) is 1.19. The number of hydrogen-bond acceptors (Lipinski definition) is 4. The summed E-state index contributed by atoms with van der Waals surface area (Å²) in [6, 6.07) is -0.765. The van der Waals surface area contributed by atoms with Gasteiger partial charge in [-0.3, -0.25) is 4.79 Å². The van der Waals surface area contributed by atoms with Gasteiger partial charge in [-0.2, -0.15) is 0 Å². The second-order valence-corrected chi connectivity index (χ2v) is 2.05. The fourth-order valence-electron chi connectivity index (χ4n) is 0.589. The fourth-order valence-corrected chi connectivity index (χ4v) is 0.589. The molecule has 68 valence electrons. The predicted molar refractivity (Wildman–Crippen MR) is 42.1 cm³/mol. The molecule has 0 saturated heterocycles. The van der Waals surface area contributed by atoms with Crippen LogP contribution in [0.3, 0.4) is 0 Å². The van der Waals surface area contributed by atoms with Crippen LogP contribution < -0.4 is 11.1 Å². The normalized spacial score (nSPS) is 11.8. The molecule has 1 unspecified atom stereocenters. The van der Waals surface area contributed by atoms with Crippen molar-refractivity contribution in [3.63, 3.8) is 0 Å². The van der Waals surface area contributed by atoms with E-state index in [2.05, 4.69) is 15.3 Å². The highest BCUT2D eigenvalue weighted by Crippen LogP contribution is 1.79. The summed E-state index contributed by atoms with van der Waals surface area (Å²) < 4.78 is 0. The quantitative estimate of drug-likeness (QED) is 0.201. The van der Waals surface area contributed by atoms with Crippen molar-refractivity contribution in [1.29, 1.82) is 0 Å². The van der Waals surface area contributed by atoms with E-state index in [1.165, 1.54) is 0 Å². The van der Waals surface area contributed by atoms with E-state index >= 15 is 0 Å². The van der Waals surface area contributed by atoms with Crippen LogP contribution in [-0.4, -0.2) is 36.8 Å². The molecule has 0 spiro atoms. The number of nitrogens with two attached hydrogens (primary N) is 1. The van der Waals surface area contributed by atoms with Crippen molar-refractivity contribution in [3.05, 3.63) is 10.4 Å². The molecule has 0 fully saturated rings. The number of aliphatic hydroxyl groups excluding tert-OH is 1. The van der Waals surface area contributed by atoms with E-state index in [1.807, 2.05) is 0 Å². The van der Waals surface area contributed by atoms with Crippen molar-refractivity contribution >= 4 is 5.91 Å². The number of carbonyl (C=O) groups is 1. The Bertz CT molecular complexity index is 188. The zero-order valence-corrected chi connectivity index (χ0v) is 6.47. The third-order valence-electron chi connectivity index (χ3n) is 1.19. The molecule has 0 aliphatic heterocycles. The van der Waals surface area contributed by atoms with E-state index in [0.29, 0.717) is 6.54 Å². The lowest BCUT2D eigenvalue weighted by molar-refractivity contribution is -0.120. The summed E-state index contributed by atoms with van der Waals surface area (Å²) in [6.07, 6.45) is 0. The molecule has 0 aliphatic rings. The number of amides is 1. The zero-order valence-electron chi connectivity index (χ0n) is 6.47. The smallest absolute Gasteiger partial charge is 0.236 e. The maximum absolute atomic E-state index is 10.5. The van der Waals surface area contributed by atoms with Crippen molar-refractivity contribution in [1.82, 2.24) is 5.32 Å². The van der Waals surface area contributed by atoms with E-state index in [4.69, 9.17) is 16.4 Å². The van der Waals surface area contributed by atoms with E-state index in [-0.39, 0.29) is 13.2 Å². The maximum Gasteiger partial charge on any atom is 0.236 e. The number of hydrogen-bond donors (Lipinski definition) is 3. The van der Waals surface area contributed by atoms with Crippen molar-refractivity contribution in [2.45, 2.75) is 6.04 Å². The van der Waals surface area contributed by atoms with E-state index in [9.17, 15) is 4.79 Å². The Balaban J connectivity index is 3.58. The number of azide groups is 1. The van der Waals surface area contributed by atoms with Crippen LogP contribution in [0.2, 0.25) is 0 Å². The van der Waals surface area contributed by atoms with Gasteiger partial charge in [-0.05, 0) is 5.53 Å². The monoisotopic (exact) mass is 173 g/mol. The summed E-state index contributed by atoms with van der Waals surface area (Å²) in [5.41, 5.74) is 12.8. The Labute approximate surface area is 69.2 Å². The van der Waals surface area contributed by atoms with Gasteiger partial charge in [0.1, 0.15) is 6.04 Å². The van der Waals surface area contributed by atoms with E-state index in [1.54, 1.807) is 0 Å². The van der Waals surface area contributed by atoms with Gasteiger partial charge in [0.2, 0.25) is 5.91 Å². The van der Waals surface area contributed by atoms with Crippen molar-refractivity contribution in [3.8, 4) is 0 Å². The number of primary amides is 1. The number of nitrogens with one attached hydrogen (secondary N) is 1. The lowest BCUT2D eigenvalue weighted by atomic mass is 10.3. The minimum atomic E-state index is -0.765. The van der Waals surface area contributed by atoms with Crippen LogP contribution in [0.15, 0.2) is 5.11 Å². The van der Waals surface area contributed by atoms with Gasteiger partial charge in [0.05, 0.1) is 6.61 Å². The first-order valence-electron chi connectivity index (χ1n) is 3.36. The van der Waals surface area contributed by atoms with Crippen LogP contribution >= 0.6 is 0 Å². The molecule has 0 saturated carbocycles. The van der Waals surface area contributed by atoms with Crippen LogP contribution in [0.4, 0.5) is 0 Å². The van der Waals surface area contributed by atoms with Gasteiger partial charge in [-0.15, -0.1) is 0 Å². The molecule has 0 rings (SSSR count). The van der Waals surface area contributed by atoms with E-state index in [0.717, 1.165) is 0 Å². The molecule has 1 atom stereocenters. The first-order chi connectivity index (χ1) is 5.72. The first kappa shape index (κ1) is 10.7. The molecule has 0 bridgehead atoms. The zero-order chi connectivity index (χ0) is 9.40. The van der Waals surface area contributed by atoms with Crippen LogP contribution in [0.25, 0.3) is 10.4 Å². The van der Waals surface area contributed by atoms with Gasteiger partial charge in [0, 0.05) is 18.0 Å². The van der Waals surface area contributed by atoms with Crippen LogP contribution in [0.5, 0.6) is 0 Å². The summed E-state index contributed by atoms with van der Waals surface area (Å²) in [4.78, 5) is 13.0. The number of nitrogens with zero attached hydrogens (tertiary/aromatic N) is 3. The average Bonchev–Trinajstić information content (AvgIpc) is 2.04. The van der Waals surface area contributed by atoms with Crippen LogP contribution in [-0.2, 0) is 4.79 Å². The van der Waals surface area contributed by atoms with E-state index < -0.39 is 11.9 Å². The summed E-state index contributed by atoms with van der Waals surface area (Å²) in [5, 5.41) is 14.4. The van der Waals surface area contributed by atoms with Crippen molar-refractivity contribution < 1.29 is 9.90 Å². The van der Waals surface area contributed by atoms with Crippen LogP contribution in [0.1, 0.15) is 0 Å². The summed E-state index contributed by atoms with van der Waals surface area (Å²) in [5.74, 6) is -0.626. The highest BCUT2D eigenvalue weighted by atomic mass is 16.3. The molecule has 1 amide bonds. The van der Waals surface area contributed by atoms with Crippen molar-refractivity contribution in [2.24, 2.45) is 10.8 Å². The maximum atomic E-state index is 10.5. The Morgan fingerprint density at radius 2 is 2.50 bits per heavy atom.